The van der Waals surface area contributed by atoms with E-state index < -0.39 is 5.92 Å². The molecule has 1 aromatic heterocycles. The van der Waals surface area contributed by atoms with E-state index in [2.05, 4.69) is 5.10 Å². The van der Waals surface area contributed by atoms with Gasteiger partial charge in [-0.3, -0.25) is 4.79 Å². The van der Waals surface area contributed by atoms with Crippen molar-refractivity contribution < 1.29 is 8.78 Å². The fraction of sp³-hybridized carbons (Fsp3) is 0.600. The third-order valence-corrected chi connectivity index (χ3v) is 3.03. The molecule has 1 heterocycles. The number of aromatic nitrogens is 2. The van der Waals surface area contributed by atoms with Gasteiger partial charge in [0.1, 0.15) is 5.15 Å². The molecule has 0 bridgehead atoms. The molecule has 1 aliphatic carbocycles. The van der Waals surface area contributed by atoms with E-state index in [0.717, 1.165) is 0 Å². The molecule has 6 heteroatoms. The van der Waals surface area contributed by atoms with Gasteiger partial charge in [0, 0.05) is 18.9 Å². The Bertz CT molecular complexity index is 437. The Kier molecular flexibility index (Phi) is 2.97. The van der Waals surface area contributed by atoms with Gasteiger partial charge in [-0.25, -0.2) is 13.5 Å². The minimum absolute atomic E-state index is 0.196. The largest absolute Gasteiger partial charge is 0.268 e. The van der Waals surface area contributed by atoms with Crippen molar-refractivity contribution >= 4 is 11.6 Å². The third kappa shape index (κ3) is 2.40. The third-order valence-electron chi connectivity index (χ3n) is 2.83. The monoisotopic (exact) mass is 248 g/mol. The molecule has 0 aromatic carbocycles. The highest BCUT2D eigenvalue weighted by molar-refractivity contribution is 6.29. The minimum Gasteiger partial charge on any atom is -0.268 e. The Balaban J connectivity index is 2.20. The lowest BCUT2D eigenvalue weighted by molar-refractivity contribution is -0.0454. The summed E-state index contributed by atoms with van der Waals surface area (Å²) in [6.07, 6.45) is 0.136. The van der Waals surface area contributed by atoms with Crippen LogP contribution in [0.4, 0.5) is 8.78 Å². The molecule has 0 aliphatic heterocycles. The second-order valence-corrected chi connectivity index (χ2v) is 4.41. The quantitative estimate of drug-likeness (QED) is 0.766. The molecule has 88 valence electrons. The first-order valence-electron chi connectivity index (χ1n) is 5.11. The van der Waals surface area contributed by atoms with Gasteiger partial charge < -0.3 is 0 Å². The van der Waals surface area contributed by atoms with Gasteiger partial charge in [0.05, 0.1) is 6.04 Å². The molecule has 0 amide bonds. The van der Waals surface area contributed by atoms with Gasteiger partial charge in [0.15, 0.2) is 0 Å². The average Bonchev–Trinajstić information content (AvgIpc) is 2.22. The van der Waals surface area contributed by atoms with Crippen molar-refractivity contribution in [2.45, 2.75) is 37.6 Å². The van der Waals surface area contributed by atoms with Crippen molar-refractivity contribution in [1.82, 2.24) is 9.78 Å². The summed E-state index contributed by atoms with van der Waals surface area (Å²) < 4.78 is 27.1. The van der Waals surface area contributed by atoms with E-state index in [0.29, 0.717) is 0 Å². The molecule has 1 fully saturated rings. The van der Waals surface area contributed by atoms with Crippen molar-refractivity contribution in [2.75, 3.05) is 0 Å². The first kappa shape index (κ1) is 11.5. The summed E-state index contributed by atoms with van der Waals surface area (Å²) in [4.78, 5) is 11.5. The Hall–Kier alpha value is -0.970. The van der Waals surface area contributed by atoms with Gasteiger partial charge >= 0.3 is 0 Å². The van der Waals surface area contributed by atoms with E-state index in [-0.39, 0.29) is 42.4 Å². The zero-order chi connectivity index (χ0) is 11.8. The van der Waals surface area contributed by atoms with Crippen LogP contribution < -0.4 is 5.56 Å². The van der Waals surface area contributed by atoms with Crippen LogP contribution >= 0.6 is 11.6 Å². The summed E-state index contributed by atoms with van der Waals surface area (Å²) in [5.41, 5.74) is -0.292. The SMILES string of the molecule is O=c1ccc(Cl)nn1C1CCC(F)(F)CC1. The molecule has 0 spiro atoms. The molecule has 1 aromatic rings. The van der Waals surface area contributed by atoms with Crippen molar-refractivity contribution in [2.24, 2.45) is 0 Å². The van der Waals surface area contributed by atoms with E-state index in [1.54, 1.807) is 0 Å². The molecule has 1 aliphatic rings. The van der Waals surface area contributed by atoms with Crippen LogP contribution in [-0.4, -0.2) is 15.7 Å². The van der Waals surface area contributed by atoms with Gasteiger partial charge in [-0.05, 0) is 18.9 Å². The smallest absolute Gasteiger partial charge is 0.267 e. The maximum Gasteiger partial charge on any atom is 0.267 e. The Labute approximate surface area is 96.0 Å². The molecule has 0 saturated heterocycles. The van der Waals surface area contributed by atoms with Gasteiger partial charge in [-0.15, -0.1) is 0 Å². The molecule has 0 radical (unpaired) electrons. The van der Waals surface area contributed by atoms with Crippen molar-refractivity contribution in [3.8, 4) is 0 Å². The van der Waals surface area contributed by atoms with Gasteiger partial charge in [-0.2, -0.15) is 5.10 Å². The Morgan fingerprint density at radius 1 is 1.38 bits per heavy atom. The van der Waals surface area contributed by atoms with Crippen LogP contribution in [-0.2, 0) is 0 Å². The number of nitrogens with zero attached hydrogens (tertiary/aromatic N) is 2. The van der Waals surface area contributed by atoms with Crippen LogP contribution in [0.3, 0.4) is 0 Å². The summed E-state index contributed by atoms with van der Waals surface area (Å²) in [5.74, 6) is -2.60. The average molecular weight is 249 g/mol. The molecule has 2 rings (SSSR count). The minimum atomic E-state index is -2.60. The summed E-state index contributed by atoms with van der Waals surface area (Å²) >= 11 is 5.67. The first-order valence-corrected chi connectivity index (χ1v) is 5.49. The lowest BCUT2D eigenvalue weighted by Crippen LogP contribution is -2.32. The fourth-order valence-corrected chi connectivity index (χ4v) is 2.08. The zero-order valence-electron chi connectivity index (χ0n) is 8.50. The van der Waals surface area contributed by atoms with Crippen LogP contribution in [0.1, 0.15) is 31.7 Å². The van der Waals surface area contributed by atoms with Crippen LogP contribution in [0.5, 0.6) is 0 Å². The van der Waals surface area contributed by atoms with Crippen LogP contribution in [0.15, 0.2) is 16.9 Å². The number of rotatable bonds is 1. The normalized spacial score (nSPS) is 20.9. The van der Waals surface area contributed by atoms with Crippen LogP contribution in [0.25, 0.3) is 0 Å². The maximum atomic E-state index is 12.9. The molecule has 0 unspecified atom stereocenters. The predicted octanol–water partition coefficient (Wildman–Crippen LogP) is 2.65. The molecule has 16 heavy (non-hydrogen) atoms. The summed E-state index contributed by atoms with van der Waals surface area (Å²) in [6.45, 7) is 0. The lowest BCUT2D eigenvalue weighted by Gasteiger charge is -2.28. The summed E-state index contributed by atoms with van der Waals surface area (Å²) in [7, 11) is 0. The lowest BCUT2D eigenvalue weighted by atomic mass is 9.92. The van der Waals surface area contributed by atoms with Crippen LogP contribution in [0, 0.1) is 0 Å². The van der Waals surface area contributed by atoms with E-state index in [4.69, 9.17) is 11.6 Å². The second-order valence-electron chi connectivity index (χ2n) is 4.03. The Morgan fingerprint density at radius 2 is 2.00 bits per heavy atom. The number of halogens is 3. The van der Waals surface area contributed by atoms with E-state index in [1.165, 1.54) is 16.8 Å². The summed E-state index contributed by atoms with van der Waals surface area (Å²) in [6, 6.07) is 2.45. The molecule has 0 N–H and O–H groups in total. The molecule has 1 saturated carbocycles. The highest BCUT2D eigenvalue weighted by Gasteiger charge is 2.36. The van der Waals surface area contributed by atoms with Gasteiger partial charge in [0.2, 0.25) is 5.92 Å². The van der Waals surface area contributed by atoms with E-state index in [9.17, 15) is 13.6 Å². The van der Waals surface area contributed by atoms with Crippen molar-refractivity contribution in [3.05, 3.63) is 27.6 Å². The highest BCUT2D eigenvalue weighted by Crippen LogP contribution is 2.37. The fourth-order valence-electron chi connectivity index (χ4n) is 1.93. The summed E-state index contributed by atoms with van der Waals surface area (Å²) in [5, 5.41) is 4.07. The van der Waals surface area contributed by atoms with Gasteiger partial charge in [0.25, 0.3) is 5.56 Å². The second kappa shape index (κ2) is 4.13. The molecule has 0 atom stereocenters. The number of hydrogen-bond acceptors (Lipinski definition) is 2. The van der Waals surface area contributed by atoms with Gasteiger partial charge in [-0.1, -0.05) is 11.6 Å². The van der Waals surface area contributed by atoms with E-state index >= 15 is 0 Å². The topological polar surface area (TPSA) is 34.9 Å². The molecular formula is C10H11ClF2N2O. The van der Waals surface area contributed by atoms with E-state index in [1.807, 2.05) is 0 Å². The van der Waals surface area contributed by atoms with Crippen LogP contribution in [0.2, 0.25) is 5.15 Å². The standard InChI is InChI=1S/C10H11ClF2N2O/c11-8-1-2-9(16)15(14-8)7-3-5-10(12,13)6-4-7/h1-2,7H,3-6H2. The molecule has 3 nitrogen and oxygen atoms in total. The molecular weight excluding hydrogens is 238 g/mol. The number of hydrogen-bond donors (Lipinski definition) is 0. The zero-order valence-corrected chi connectivity index (χ0v) is 9.25. The maximum absolute atomic E-state index is 12.9. The van der Waals surface area contributed by atoms with Crippen molar-refractivity contribution in [3.63, 3.8) is 0 Å². The predicted molar refractivity (Wildman–Crippen MR) is 56.0 cm³/mol. The number of alkyl halides is 2. The highest BCUT2D eigenvalue weighted by atomic mass is 35.5. The van der Waals surface area contributed by atoms with Crippen molar-refractivity contribution in [1.29, 1.82) is 0 Å². The Morgan fingerprint density at radius 3 is 2.62 bits per heavy atom. The first-order chi connectivity index (χ1) is 7.48.